The molecule has 0 aliphatic heterocycles. The Bertz CT molecular complexity index is 1370. The largest absolute Gasteiger partial charge is 0.496 e. The Balaban J connectivity index is 1.64. The van der Waals surface area contributed by atoms with Crippen LogP contribution in [0.25, 0.3) is 16.8 Å². The number of ether oxygens (including phenoxy) is 1. The lowest BCUT2D eigenvalue weighted by Gasteiger charge is -2.17. The van der Waals surface area contributed by atoms with Crippen LogP contribution in [0.2, 0.25) is 0 Å². The standard InChI is InChI=1S/C22H22FN5O3S/c1-27(32(3,29)30)16-9-7-15(8-10-16)17-11-12-21(28-14-25-26-22(17)28)24-13-18-19(23)5-4-6-20(18)31-2/h4-12,14,24H,13H2,1-3H3. The first-order valence-electron chi connectivity index (χ1n) is 9.72. The summed E-state index contributed by atoms with van der Waals surface area (Å²) in [5.74, 6) is 0.799. The molecule has 1 N–H and O–H groups in total. The van der Waals surface area contributed by atoms with Gasteiger partial charge in [-0.05, 0) is 42.0 Å². The van der Waals surface area contributed by atoms with E-state index in [9.17, 15) is 12.8 Å². The SMILES string of the molecule is COc1cccc(F)c1CNc1ccc(-c2ccc(N(C)S(C)(=O)=O)cc2)c2nncn12. The van der Waals surface area contributed by atoms with Gasteiger partial charge in [-0.25, -0.2) is 12.8 Å². The van der Waals surface area contributed by atoms with E-state index >= 15 is 0 Å². The Kier molecular flexibility index (Phi) is 5.70. The molecule has 4 rings (SSSR count). The van der Waals surface area contributed by atoms with E-state index in [1.54, 1.807) is 35.0 Å². The van der Waals surface area contributed by atoms with Gasteiger partial charge in [-0.3, -0.25) is 8.71 Å². The number of methoxy groups -OCH3 is 1. The molecule has 0 aliphatic carbocycles. The maximum atomic E-state index is 14.2. The number of aromatic nitrogens is 3. The minimum atomic E-state index is -3.34. The van der Waals surface area contributed by atoms with Gasteiger partial charge in [0.2, 0.25) is 10.0 Å². The second kappa shape index (κ2) is 8.46. The van der Waals surface area contributed by atoms with Crippen molar-refractivity contribution in [2.75, 3.05) is 30.0 Å². The minimum Gasteiger partial charge on any atom is -0.496 e. The quantitative estimate of drug-likeness (QED) is 0.459. The van der Waals surface area contributed by atoms with Gasteiger partial charge in [0.1, 0.15) is 23.7 Å². The predicted molar refractivity (Wildman–Crippen MR) is 122 cm³/mol. The highest BCUT2D eigenvalue weighted by Crippen LogP contribution is 2.29. The molecule has 0 saturated heterocycles. The van der Waals surface area contributed by atoms with Crippen molar-refractivity contribution in [3.05, 3.63) is 72.3 Å². The maximum absolute atomic E-state index is 14.2. The highest BCUT2D eigenvalue weighted by atomic mass is 32.2. The molecule has 8 nitrogen and oxygen atoms in total. The molecule has 4 aromatic rings. The van der Waals surface area contributed by atoms with Crippen LogP contribution in [0.15, 0.2) is 60.9 Å². The summed E-state index contributed by atoms with van der Waals surface area (Å²) in [4.78, 5) is 0. The molecular weight excluding hydrogens is 433 g/mol. The summed E-state index contributed by atoms with van der Waals surface area (Å²) in [6.07, 6.45) is 2.73. The molecule has 0 fully saturated rings. The first-order chi connectivity index (χ1) is 15.3. The number of hydrogen-bond donors (Lipinski definition) is 1. The van der Waals surface area contributed by atoms with E-state index in [1.165, 1.54) is 24.5 Å². The first-order valence-corrected chi connectivity index (χ1v) is 11.6. The minimum absolute atomic E-state index is 0.217. The van der Waals surface area contributed by atoms with E-state index in [1.807, 2.05) is 24.3 Å². The third-order valence-corrected chi connectivity index (χ3v) is 6.44. The van der Waals surface area contributed by atoms with Crippen molar-refractivity contribution >= 4 is 27.2 Å². The molecule has 0 spiro atoms. The molecule has 0 saturated carbocycles. The second-order valence-corrected chi connectivity index (χ2v) is 9.22. The van der Waals surface area contributed by atoms with Crippen LogP contribution in [0.4, 0.5) is 15.9 Å². The van der Waals surface area contributed by atoms with Crippen molar-refractivity contribution in [3.8, 4) is 16.9 Å². The molecule has 0 amide bonds. The average Bonchev–Trinajstić information content (AvgIpc) is 3.27. The van der Waals surface area contributed by atoms with Crippen molar-refractivity contribution in [3.63, 3.8) is 0 Å². The van der Waals surface area contributed by atoms with Gasteiger partial charge in [-0.2, -0.15) is 0 Å². The molecule has 0 unspecified atom stereocenters. The number of anilines is 2. The van der Waals surface area contributed by atoms with Gasteiger partial charge >= 0.3 is 0 Å². The summed E-state index contributed by atoms with van der Waals surface area (Å²) in [7, 11) is -0.329. The number of halogens is 1. The average molecular weight is 456 g/mol. The highest BCUT2D eigenvalue weighted by Gasteiger charge is 2.15. The molecule has 10 heteroatoms. The fraction of sp³-hybridized carbons (Fsp3) is 0.182. The Hall–Kier alpha value is -3.66. The van der Waals surface area contributed by atoms with Crippen LogP contribution in [0, 0.1) is 5.82 Å². The van der Waals surface area contributed by atoms with Gasteiger partial charge in [0.15, 0.2) is 5.65 Å². The summed E-state index contributed by atoms with van der Waals surface area (Å²) in [5, 5.41) is 11.5. The molecule has 166 valence electrons. The number of nitrogens with zero attached hydrogens (tertiary/aromatic N) is 4. The Morgan fingerprint density at radius 1 is 1.12 bits per heavy atom. The number of benzene rings is 2. The van der Waals surface area contributed by atoms with E-state index in [2.05, 4.69) is 15.5 Å². The van der Waals surface area contributed by atoms with Crippen LogP contribution in [-0.2, 0) is 16.6 Å². The fourth-order valence-electron chi connectivity index (χ4n) is 3.40. The topological polar surface area (TPSA) is 88.8 Å². The van der Waals surface area contributed by atoms with Crippen molar-refractivity contribution < 1.29 is 17.5 Å². The van der Waals surface area contributed by atoms with Crippen molar-refractivity contribution in [1.82, 2.24) is 14.6 Å². The lowest BCUT2D eigenvalue weighted by Crippen LogP contribution is -2.24. The molecule has 0 radical (unpaired) electrons. The van der Waals surface area contributed by atoms with Gasteiger partial charge < -0.3 is 10.1 Å². The zero-order valence-corrected chi connectivity index (χ0v) is 18.6. The number of fused-ring (bicyclic) bond motifs is 1. The zero-order chi connectivity index (χ0) is 22.9. The third kappa shape index (κ3) is 4.09. The molecule has 2 heterocycles. The van der Waals surface area contributed by atoms with Crippen molar-refractivity contribution in [2.45, 2.75) is 6.54 Å². The predicted octanol–water partition coefficient (Wildman–Crippen LogP) is 3.55. The van der Waals surface area contributed by atoms with Crippen LogP contribution < -0.4 is 14.4 Å². The lowest BCUT2D eigenvalue weighted by molar-refractivity contribution is 0.405. The van der Waals surface area contributed by atoms with E-state index < -0.39 is 10.0 Å². The molecule has 0 aliphatic rings. The van der Waals surface area contributed by atoms with Gasteiger partial charge in [-0.15, -0.1) is 10.2 Å². The third-order valence-electron chi connectivity index (χ3n) is 5.24. The van der Waals surface area contributed by atoms with Crippen LogP contribution in [0.3, 0.4) is 0 Å². The summed E-state index contributed by atoms with van der Waals surface area (Å²) in [5.41, 5.74) is 3.28. The molecule has 0 bridgehead atoms. The molecule has 2 aromatic carbocycles. The molecule has 32 heavy (non-hydrogen) atoms. The van der Waals surface area contributed by atoms with Gasteiger partial charge in [-0.1, -0.05) is 18.2 Å². The normalized spacial score (nSPS) is 11.5. The van der Waals surface area contributed by atoms with E-state index in [0.29, 0.717) is 28.5 Å². The van der Waals surface area contributed by atoms with E-state index in [4.69, 9.17) is 4.74 Å². The number of pyridine rings is 1. The highest BCUT2D eigenvalue weighted by molar-refractivity contribution is 7.92. The zero-order valence-electron chi connectivity index (χ0n) is 17.8. The van der Waals surface area contributed by atoms with Gasteiger partial charge in [0, 0.05) is 24.7 Å². The Labute approximate surface area is 185 Å². The second-order valence-electron chi connectivity index (χ2n) is 7.21. The van der Waals surface area contributed by atoms with E-state index in [0.717, 1.165) is 17.4 Å². The molecule has 2 aromatic heterocycles. The summed E-state index contributed by atoms with van der Waals surface area (Å²) in [6.45, 7) is 0.217. The van der Waals surface area contributed by atoms with Crippen LogP contribution in [0.1, 0.15) is 5.56 Å². The Morgan fingerprint density at radius 3 is 2.56 bits per heavy atom. The van der Waals surface area contributed by atoms with Crippen molar-refractivity contribution in [1.29, 1.82) is 0 Å². The van der Waals surface area contributed by atoms with Gasteiger partial charge in [0.25, 0.3) is 0 Å². The van der Waals surface area contributed by atoms with Crippen molar-refractivity contribution in [2.24, 2.45) is 0 Å². The fourth-order valence-corrected chi connectivity index (χ4v) is 3.91. The summed E-state index contributed by atoms with van der Waals surface area (Å²) >= 11 is 0. The maximum Gasteiger partial charge on any atom is 0.231 e. The Morgan fingerprint density at radius 2 is 1.88 bits per heavy atom. The number of sulfonamides is 1. The molecule has 0 atom stereocenters. The van der Waals surface area contributed by atoms with Crippen LogP contribution >= 0.6 is 0 Å². The van der Waals surface area contributed by atoms with Crippen LogP contribution in [0.5, 0.6) is 5.75 Å². The number of nitrogens with one attached hydrogen (secondary N) is 1. The number of rotatable bonds is 7. The molecular formula is C22H22FN5O3S. The summed E-state index contributed by atoms with van der Waals surface area (Å²) < 4.78 is 46.0. The smallest absolute Gasteiger partial charge is 0.231 e. The van der Waals surface area contributed by atoms with E-state index in [-0.39, 0.29) is 12.4 Å². The van der Waals surface area contributed by atoms with Gasteiger partial charge in [0.05, 0.1) is 19.1 Å². The lowest BCUT2D eigenvalue weighted by atomic mass is 10.1. The monoisotopic (exact) mass is 455 g/mol. The van der Waals surface area contributed by atoms with Crippen LogP contribution in [-0.4, -0.2) is 43.4 Å². The summed E-state index contributed by atoms with van der Waals surface area (Å²) in [6, 6.07) is 15.6. The number of hydrogen-bond acceptors (Lipinski definition) is 6. The first kappa shape index (κ1) is 21.6.